The Bertz CT molecular complexity index is 242. The van der Waals surface area contributed by atoms with Crippen LogP contribution in [0.1, 0.15) is 13.3 Å². The lowest BCUT2D eigenvalue weighted by atomic mass is 10.3. The van der Waals surface area contributed by atoms with Gasteiger partial charge in [-0.15, -0.1) is 0 Å². The molecule has 0 saturated carbocycles. The molecule has 0 saturated heterocycles. The predicted octanol–water partition coefficient (Wildman–Crippen LogP) is 3.30. The monoisotopic (exact) mass is 187 g/mol. The molecule has 1 rings (SSSR count). The van der Waals surface area contributed by atoms with E-state index in [4.69, 9.17) is 11.6 Å². The Hall–Kier alpha value is -0.760. The Morgan fingerprint density at radius 2 is 2.17 bits per heavy atom. The van der Waals surface area contributed by atoms with Crippen molar-refractivity contribution in [2.24, 2.45) is 0 Å². The first-order valence-electron chi connectivity index (χ1n) is 3.92. The van der Waals surface area contributed by atoms with Crippen LogP contribution in [0.15, 0.2) is 18.2 Å². The third-order valence-corrected chi connectivity index (χ3v) is 1.66. The lowest BCUT2D eigenvalue weighted by Gasteiger charge is -2.04. The number of hydrogen-bond acceptors (Lipinski definition) is 1. The maximum absolute atomic E-state index is 12.7. The Labute approximate surface area is 76.5 Å². The number of hydrogen-bond donors (Lipinski definition) is 1. The van der Waals surface area contributed by atoms with E-state index in [1.54, 1.807) is 6.07 Å². The van der Waals surface area contributed by atoms with Gasteiger partial charge in [-0.3, -0.25) is 0 Å². The second kappa shape index (κ2) is 4.31. The molecule has 0 aliphatic rings. The summed E-state index contributed by atoms with van der Waals surface area (Å²) in [7, 11) is 0. The summed E-state index contributed by atoms with van der Waals surface area (Å²) >= 11 is 5.65. The summed E-state index contributed by atoms with van der Waals surface area (Å²) in [5.41, 5.74) is 0.738. The van der Waals surface area contributed by atoms with E-state index in [0.29, 0.717) is 5.02 Å². The topological polar surface area (TPSA) is 12.0 Å². The van der Waals surface area contributed by atoms with Gasteiger partial charge in [-0.1, -0.05) is 18.5 Å². The zero-order valence-corrected chi connectivity index (χ0v) is 7.66. The first kappa shape index (κ1) is 9.33. The van der Waals surface area contributed by atoms with Gasteiger partial charge >= 0.3 is 0 Å². The summed E-state index contributed by atoms with van der Waals surface area (Å²) in [6.45, 7) is 2.88. The van der Waals surface area contributed by atoms with Crippen molar-refractivity contribution in [3.8, 4) is 0 Å². The fourth-order valence-corrected chi connectivity index (χ4v) is 1.15. The molecule has 0 unspecified atom stereocenters. The minimum Gasteiger partial charge on any atom is -0.385 e. The van der Waals surface area contributed by atoms with E-state index in [2.05, 4.69) is 5.32 Å². The van der Waals surface area contributed by atoms with Crippen LogP contribution >= 0.6 is 11.6 Å². The van der Waals surface area contributed by atoms with Gasteiger partial charge in [0.15, 0.2) is 0 Å². The van der Waals surface area contributed by atoms with Gasteiger partial charge in [0.05, 0.1) is 0 Å². The number of nitrogens with one attached hydrogen (secondary N) is 1. The second-order valence-electron chi connectivity index (χ2n) is 2.58. The molecule has 0 aliphatic heterocycles. The zero-order valence-electron chi connectivity index (χ0n) is 6.90. The van der Waals surface area contributed by atoms with Crippen molar-refractivity contribution < 1.29 is 4.39 Å². The third-order valence-electron chi connectivity index (χ3n) is 1.44. The summed E-state index contributed by atoms with van der Waals surface area (Å²) in [6, 6.07) is 4.43. The van der Waals surface area contributed by atoms with E-state index < -0.39 is 0 Å². The van der Waals surface area contributed by atoms with Crippen LogP contribution < -0.4 is 5.32 Å². The van der Waals surface area contributed by atoms with Crippen LogP contribution in [0.2, 0.25) is 5.02 Å². The lowest BCUT2D eigenvalue weighted by molar-refractivity contribution is 0.628. The van der Waals surface area contributed by atoms with E-state index >= 15 is 0 Å². The summed E-state index contributed by atoms with van der Waals surface area (Å²) in [4.78, 5) is 0. The van der Waals surface area contributed by atoms with Gasteiger partial charge in [-0.25, -0.2) is 4.39 Å². The van der Waals surface area contributed by atoms with Crippen molar-refractivity contribution in [1.29, 1.82) is 0 Å². The molecule has 0 spiro atoms. The van der Waals surface area contributed by atoms with Crippen LogP contribution in [-0.2, 0) is 0 Å². The quantitative estimate of drug-likeness (QED) is 0.766. The molecule has 1 aromatic carbocycles. The van der Waals surface area contributed by atoms with Gasteiger partial charge in [-0.05, 0) is 24.6 Å². The average molecular weight is 188 g/mol. The fourth-order valence-electron chi connectivity index (χ4n) is 0.925. The van der Waals surface area contributed by atoms with Crippen LogP contribution in [0.4, 0.5) is 10.1 Å². The van der Waals surface area contributed by atoms with E-state index in [-0.39, 0.29) is 5.82 Å². The highest BCUT2D eigenvalue weighted by Gasteiger charge is 1.97. The maximum atomic E-state index is 12.7. The highest BCUT2D eigenvalue weighted by molar-refractivity contribution is 6.30. The molecule has 0 atom stereocenters. The maximum Gasteiger partial charge on any atom is 0.126 e. The highest BCUT2D eigenvalue weighted by Crippen LogP contribution is 2.17. The van der Waals surface area contributed by atoms with Crippen LogP contribution in [0, 0.1) is 5.82 Å². The average Bonchev–Trinajstić information content (AvgIpc) is 1.99. The minimum atomic E-state index is -0.305. The van der Waals surface area contributed by atoms with Crippen LogP contribution in [-0.4, -0.2) is 6.54 Å². The summed E-state index contributed by atoms with van der Waals surface area (Å²) in [5, 5.41) is 3.48. The zero-order chi connectivity index (χ0) is 8.97. The molecule has 12 heavy (non-hydrogen) atoms. The fraction of sp³-hybridized carbons (Fsp3) is 0.333. The van der Waals surface area contributed by atoms with Gasteiger partial charge in [0.1, 0.15) is 5.82 Å². The summed E-state index contributed by atoms with van der Waals surface area (Å²) < 4.78 is 12.7. The Morgan fingerprint density at radius 3 is 2.75 bits per heavy atom. The molecule has 3 heteroatoms. The van der Waals surface area contributed by atoms with Gasteiger partial charge < -0.3 is 5.32 Å². The molecule has 66 valence electrons. The lowest BCUT2D eigenvalue weighted by Crippen LogP contribution is -1.99. The third kappa shape index (κ3) is 2.70. The molecule has 0 aliphatic carbocycles. The first-order valence-corrected chi connectivity index (χ1v) is 4.30. The van der Waals surface area contributed by atoms with Crippen molar-refractivity contribution in [1.82, 2.24) is 0 Å². The second-order valence-corrected chi connectivity index (χ2v) is 3.02. The van der Waals surface area contributed by atoms with Crippen molar-refractivity contribution in [3.05, 3.63) is 29.0 Å². The van der Waals surface area contributed by atoms with Crippen molar-refractivity contribution in [3.63, 3.8) is 0 Å². The molecule has 1 N–H and O–H groups in total. The molecule has 0 bridgehead atoms. The standard InChI is InChI=1S/C9H11ClFN/c1-2-3-12-9-5-7(10)4-8(11)6-9/h4-6,12H,2-3H2,1H3. The van der Waals surface area contributed by atoms with Gasteiger partial charge in [0.25, 0.3) is 0 Å². The number of benzene rings is 1. The summed E-state index contributed by atoms with van der Waals surface area (Å²) in [5.74, 6) is -0.305. The molecule has 1 nitrogen and oxygen atoms in total. The minimum absolute atomic E-state index is 0.305. The molecule has 0 aromatic heterocycles. The predicted molar refractivity (Wildman–Crippen MR) is 50.2 cm³/mol. The molecule has 0 heterocycles. The van der Waals surface area contributed by atoms with Crippen molar-refractivity contribution in [2.45, 2.75) is 13.3 Å². The smallest absolute Gasteiger partial charge is 0.126 e. The molecule has 0 radical (unpaired) electrons. The molecular formula is C9H11ClFN. The molecule has 1 aromatic rings. The van der Waals surface area contributed by atoms with Crippen LogP contribution in [0.25, 0.3) is 0 Å². The molecular weight excluding hydrogens is 177 g/mol. The van der Waals surface area contributed by atoms with Gasteiger partial charge in [0, 0.05) is 17.3 Å². The van der Waals surface area contributed by atoms with E-state index in [0.717, 1.165) is 18.7 Å². The number of halogens is 2. The molecule has 0 fully saturated rings. The van der Waals surface area contributed by atoms with Crippen molar-refractivity contribution in [2.75, 3.05) is 11.9 Å². The summed E-state index contributed by atoms with van der Waals surface area (Å²) in [6.07, 6.45) is 1.01. The van der Waals surface area contributed by atoms with Gasteiger partial charge in [-0.2, -0.15) is 0 Å². The molecule has 0 amide bonds. The van der Waals surface area contributed by atoms with E-state index in [1.165, 1.54) is 12.1 Å². The van der Waals surface area contributed by atoms with Crippen LogP contribution in [0.5, 0.6) is 0 Å². The Balaban J connectivity index is 2.72. The normalized spacial score (nSPS) is 9.92. The Morgan fingerprint density at radius 1 is 1.42 bits per heavy atom. The van der Waals surface area contributed by atoms with E-state index in [1.807, 2.05) is 6.92 Å². The van der Waals surface area contributed by atoms with Gasteiger partial charge in [0.2, 0.25) is 0 Å². The van der Waals surface area contributed by atoms with Crippen molar-refractivity contribution >= 4 is 17.3 Å². The Kier molecular flexibility index (Phi) is 3.35. The largest absolute Gasteiger partial charge is 0.385 e. The van der Waals surface area contributed by atoms with E-state index in [9.17, 15) is 4.39 Å². The first-order chi connectivity index (χ1) is 5.72. The number of rotatable bonds is 3. The van der Waals surface area contributed by atoms with Crippen LogP contribution in [0.3, 0.4) is 0 Å². The SMILES string of the molecule is CCCNc1cc(F)cc(Cl)c1. The highest BCUT2D eigenvalue weighted by atomic mass is 35.5. The number of anilines is 1.